The normalized spacial score (nSPS) is 16.4. The van der Waals surface area contributed by atoms with Gasteiger partial charge >= 0.3 is 6.03 Å². The van der Waals surface area contributed by atoms with Gasteiger partial charge in [0.15, 0.2) is 0 Å². The SMILES string of the molecule is O=C(NC[C@H](c1ccsc1)N1CCOCC1)Nc1ccc(Cl)c(Cl)c1. The maximum absolute atomic E-state index is 12.2. The van der Waals surface area contributed by atoms with Gasteiger partial charge in [0.05, 0.1) is 29.3 Å². The van der Waals surface area contributed by atoms with Crippen LogP contribution in [0.5, 0.6) is 0 Å². The van der Waals surface area contributed by atoms with Gasteiger partial charge in [-0.3, -0.25) is 4.90 Å². The van der Waals surface area contributed by atoms with Gasteiger partial charge in [0.25, 0.3) is 0 Å². The second kappa shape index (κ2) is 8.87. The number of anilines is 1. The van der Waals surface area contributed by atoms with E-state index >= 15 is 0 Å². The summed E-state index contributed by atoms with van der Waals surface area (Å²) in [6.07, 6.45) is 0. The summed E-state index contributed by atoms with van der Waals surface area (Å²) in [5.41, 5.74) is 1.81. The minimum Gasteiger partial charge on any atom is -0.379 e. The third kappa shape index (κ3) is 5.09. The van der Waals surface area contributed by atoms with Gasteiger partial charge in [0.1, 0.15) is 0 Å². The van der Waals surface area contributed by atoms with Crippen molar-refractivity contribution >= 4 is 46.3 Å². The van der Waals surface area contributed by atoms with Crippen molar-refractivity contribution in [3.8, 4) is 0 Å². The van der Waals surface area contributed by atoms with Crippen LogP contribution in [0.15, 0.2) is 35.0 Å². The van der Waals surface area contributed by atoms with E-state index in [1.807, 2.05) is 0 Å². The number of halogens is 2. The Labute approximate surface area is 160 Å². The Bertz CT molecular complexity index is 706. The van der Waals surface area contributed by atoms with Gasteiger partial charge in [-0.15, -0.1) is 0 Å². The predicted molar refractivity (Wildman–Crippen MR) is 103 cm³/mol. The van der Waals surface area contributed by atoms with Crippen molar-refractivity contribution in [3.63, 3.8) is 0 Å². The second-order valence-electron chi connectivity index (χ2n) is 5.68. The van der Waals surface area contributed by atoms with Crippen LogP contribution in [-0.2, 0) is 4.74 Å². The lowest BCUT2D eigenvalue weighted by Gasteiger charge is -2.34. The molecule has 0 saturated carbocycles. The third-order valence-corrected chi connectivity index (χ3v) is 5.49. The second-order valence-corrected chi connectivity index (χ2v) is 7.28. The first kappa shape index (κ1) is 18.5. The van der Waals surface area contributed by atoms with Crippen LogP contribution in [0.1, 0.15) is 11.6 Å². The number of carbonyl (C=O) groups is 1. The lowest BCUT2D eigenvalue weighted by Crippen LogP contribution is -2.44. The van der Waals surface area contributed by atoms with Crippen LogP contribution >= 0.6 is 34.5 Å². The number of thiophene rings is 1. The fourth-order valence-electron chi connectivity index (χ4n) is 2.75. The molecule has 5 nitrogen and oxygen atoms in total. The molecule has 1 aliphatic heterocycles. The standard InChI is InChI=1S/C17H19Cl2N3O2S/c18-14-2-1-13(9-15(14)19)21-17(23)20-10-16(12-3-8-25-11-12)22-4-6-24-7-5-22/h1-3,8-9,11,16H,4-7,10H2,(H2,20,21,23)/t16-/m1/s1. The minimum absolute atomic E-state index is 0.134. The highest BCUT2D eigenvalue weighted by Crippen LogP contribution is 2.25. The number of nitrogens with one attached hydrogen (secondary N) is 2. The van der Waals surface area contributed by atoms with Crippen molar-refractivity contribution in [3.05, 3.63) is 50.6 Å². The van der Waals surface area contributed by atoms with Crippen molar-refractivity contribution in [2.24, 2.45) is 0 Å². The molecule has 2 heterocycles. The van der Waals surface area contributed by atoms with Gasteiger partial charge in [-0.25, -0.2) is 4.79 Å². The van der Waals surface area contributed by atoms with Crippen molar-refractivity contribution < 1.29 is 9.53 Å². The molecule has 25 heavy (non-hydrogen) atoms. The number of rotatable bonds is 5. The van der Waals surface area contributed by atoms with Crippen LogP contribution < -0.4 is 10.6 Å². The summed E-state index contributed by atoms with van der Waals surface area (Å²) in [5, 5.41) is 10.8. The monoisotopic (exact) mass is 399 g/mol. The molecule has 8 heteroatoms. The third-order valence-electron chi connectivity index (χ3n) is 4.05. The zero-order valence-corrected chi connectivity index (χ0v) is 15.8. The molecule has 0 bridgehead atoms. The summed E-state index contributed by atoms with van der Waals surface area (Å²) < 4.78 is 5.43. The smallest absolute Gasteiger partial charge is 0.319 e. The highest BCUT2D eigenvalue weighted by atomic mass is 35.5. The number of nitrogens with zero attached hydrogens (tertiary/aromatic N) is 1. The Morgan fingerprint density at radius 2 is 2.04 bits per heavy atom. The highest BCUT2D eigenvalue weighted by Gasteiger charge is 2.23. The van der Waals surface area contributed by atoms with Gasteiger partial charge in [0, 0.05) is 25.3 Å². The molecule has 0 aliphatic carbocycles. The van der Waals surface area contributed by atoms with E-state index in [0.717, 1.165) is 26.3 Å². The zero-order valence-electron chi connectivity index (χ0n) is 13.5. The van der Waals surface area contributed by atoms with E-state index in [0.29, 0.717) is 22.3 Å². The summed E-state index contributed by atoms with van der Waals surface area (Å²) >= 11 is 13.5. The minimum atomic E-state index is -0.271. The molecular weight excluding hydrogens is 381 g/mol. The fourth-order valence-corrected chi connectivity index (χ4v) is 3.76. The van der Waals surface area contributed by atoms with E-state index in [2.05, 4.69) is 32.4 Å². The van der Waals surface area contributed by atoms with Crippen LogP contribution in [0.25, 0.3) is 0 Å². The van der Waals surface area contributed by atoms with Gasteiger partial charge in [-0.1, -0.05) is 23.2 Å². The molecule has 1 atom stereocenters. The average Bonchev–Trinajstić information content (AvgIpc) is 3.14. The number of hydrogen-bond donors (Lipinski definition) is 2. The predicted octanol–water partition coefficient (Wildman–Crippen LogP) is 4.25. The summed E-state index contributed by atoms with van der Waals surface area (Å²) in [7, 11) is 0. The topological polar surface area (TPSA) is 53.6 Å². The molecular formula is C17H19Cl2N3O2S. The van der Waals surface area contributed by atoms with Crippen molar-refractivity contribution in [2.75, 3.05) is 38.2 Å². The number of carbonyl (C=O) groups excluding carboxylic acids is 1. The van der Waals surface area contributed by atoms with Crippen molar-refractivity contribution in [2.45, 2.75) is 6.04 Å². The maximum atomic E-state index is 12.2. The molecule has 2 N–H and O–H groups in total. The van der Waals surface area contributed by atoms with E-state index in [9.17, 15) is 4.79 Å². The van der Waals surface area contributed by atoms with Crippen molar-refractivity contribution in [1.29, 1.82) is 0 Å². The lowest BCUT2D eigenvalue weighted by molar-refractivity contribution is 0.0168. The molecule has 0 spiro atoms. The van der Waals surface area contributed by atoms with Crippen LogP contribution in [0.4, 0.5) is 10.5 Å². The van der Waals surface area contributed by atoms with Gasteiger partial charge in [-0.05, 0) is 40.6 Å². The van der Waals surface area contributed by atoms with E-state index in [-0.39, 0.29) is 12.1 Å². The van der Waals surface area contributed by atoms with E-state index in [1.54, 1.807) is 29.5 Å². The van der Waals surface area contributed by atoms with Crippen LogP contribution in [0.3, 0.4) is 0 Å². The molecule has 0 unspecified atom stereocenters. The number of morpholine rings is 1. The Kier molecular flexibility index (Phi) is 6.56. The fraction of sp³-hybridized carbons (Fsp3) is 0.353. The van der Waals surface area contributed by atoms with E-state index < -0.39 is 0 Å². The summed E-state index contributed by atoms with van der Waals surface area (Å²) in [6.45, 7) is 3.67. The quantitative estimate of drug-likeness (QED) is 0.789. The summed E-state index contributed by atoms with van der Waals surface area (Å²) in [6, 6.07) is 6.96. The largest absolute Gasteiger partial charge is 0.379 e. The van der Waals surface area contributed by atoms with Crippen LogP contribution in [0, 0.1) is 0 Å². The molecule has 0 radical (unpaired) electrons. The molecule has 2 aromatic rings. The van der Waals surface area contributed by atoms with Crippen LogP contribution in [0.2, 0.25) is 10.0 Å². The molecule has 1 aliphatic rings. The Morgan fingerprint density at radius 1 is 1.24 bits per heavy atom. The molecule has 1 aromatic carbocycles. The summed E-state index contributed by atoms with van der Waals surface area (Å²) in [4.78, 5) is 14.6. The number of amides is 2. The summed E-state index contributed by atoms with van der Waals surface area (Å²) in [5.74, 6) is 0. The lowest BCUT2D eigenvalue weighted by atomic mass is 10.1. The first-order chi connectivity index (χ1) is 12.1. The molecule has 1 saturated heterocycles. The van der Waals surface area contributed by atoms with E-state index in [1.165, 1.54) is 5.56 Å². The van der Waals surface area contributed by atoms with Crippen LogP contribution in [-0.4, -0.2) is 43.8 Å². The molecule has 1 aromatic heterocycles. The Balaban J connectivity index is 1.60. The van der Waals surface area contributed by atoms with E-state index in [4.69, 9.17) is 27.9 Å². The van der Waals surface area contributed by atoms with Crippen molar-refractivity contribution in [1.82, 2.24) is 10.2 Å². The van der Waals surface area contributed by atoms with Gasteiger partial charge in [0.2, 0.25) is 0 Å². The Hall–Kier alpha value is -1.31. The highest BCUT2D eigenvalue weighted by molar-refractivity contribution is 7.08. The van der Waals surface area contributed by atoms with Gasteiger partial charge in [-0.2, -0.15) is 11.3 Å². The first-order valence-corrected chi connectivity index (χ1v) is 9.67. The zero-order chi connectivity index (χ0) is 17.6. The number of benzene rings is 1. The number of ether oxygens (including phenoxy) is 1. The number of urea groups is 1. The maximum Gasteiger partial charge on any atom is 0.319 e. The molecule has 3 rings (SSSR count). The molecule has 134 valence electrons. The molecule has 2 amide bonds. The Morgan fingerprint density at radius 3 is 2.72 bits per heavy atom. The molecule has 1 fully saturated rings. The number of hydrogen-bond acceptors (Lipinski definition) is 4. The first-order valence-electron chi connectivity index (χ1n) is 7.97. The van der Waals surface area contributed by atoms with Gasteiger partial charge < -0.3 is 15.4 Å². The average molecular weight is 400 g/mol.